The van der Waals surface area contributed by atoms with E-state index in [1.807, 2.05) is 43.7 Å². The summed E-state index contributed by atoms with van der Waals surface area (Å²) in [6.07, 6.45) is 9.83. The molecule has 0 spiro atoms. The van der Waals surface area contributed by atoms with E-state index in [2.05, 4.69) is 36.7 Å². The van der Waals surface area contributed by atoms with Crippen LogP contribution >= 0.6 is 0 Å². The highest BCUT2D eigenvalue weighted by Gasteiger charge is 2.29. The molecule has 4 aromatic rings. The summed E-state index contributed by atoms with van der Waals surface area (Å²) in [7, 11) is 1.88. The molecule has 190 valence electrons. The van der Waals surface area contributed by atoms with Gasteiger partial charge in [-0.1, -0.05) is 0 Å². The Morgan fingerprint density at radius 1 is 1.08 bits per heavy atom. The molecule has 0 unspecified atom stereocenters. The maximum absolute atomic E-state index is 12.8. The summed E-state index contributed by atoms with van der Waals surface area (Å²) in [6, 6.07) is 10.1. The van der Waals surface area contributed by atoms with Crippen molar-refractivity contribution in [2.75, 3.05) is 36.5 Å². The van der Waals surface area contributed by atoms with Crippen LogP contribution in [0.4, 0.5) is 17.5 Å². The lowest BCUT2D eigenvalue weighted by molar-refractivity contribution is -0.126. The number of aryl methyl sites for hydroxylation is 1. The molecule has 10 nitrogen and oxygen atoms in total. The summed E-state index contributed by atoms with van der Waals surface area (Å²) in [4.78, 5) is 29.0. The van der Waals surface area contributed by atoms with Crippen molar-refractivity contribution in [1.29, 1.82) is 0 Å². The third-order valence-corrected chi connectivity index (χ3v) is 7.08. The number of pyridine rings is 3. The number of hydrogen-bond acceptors (Lipinski definition) is 8. The van der Waals surface area contributed by atoms with Gasteiger partial charge in [0.1, 0.15) is 11.6 Å². The SMILES string of the molecule is Cn1ccc(Nc2cc(-c3cc4cnccc4c(N4CCC(C(=O)N[C@@H]5CCOC5)CC4)n3)ccn2)n1. The van der Waals surface area contributed by atoms with Crippen LogP contribution in [0.2, 0.25) is 0 Å². The minimum absolute atomic E-state index is 0.0217. The number of carbonyl (C=O) groups is 1. The number of nitrogens with one attached hydrogen (secondary N) is 2. The molecule has 0 radical (unpaired) electrons. The number of anilines is 3. The van der Waals surface area contributed by atoms with Crippen LogP contribution in [0, 0.1) is 5.92 Å². The zero-order valence-electron chi connectivity index (χ0n) is 20.8. The third kappa shape index (κ3) is 5.10. The summed E-state index contributed by atoms with van der Waals surface area (Å²) < 4.78 is 7.14. The molecule has 2 N–H and O–H groups in total. The van der Waals surface area contributed by atoms with E-state index in [1.165, 1.54) is 0 Å². The highest BCUT2D eigenvalue weighted by molar-refractivity contribution is 5.94. The van der Waals surface area contributed by atoms with E-state index >= 15 is 0 Å². The summed E-state index contributed by atoms with van der Waals surface area (Å²) in [5, 5.41) is 12.9. The van der Waals surface area contributed by atoms with E-state index in [0.29, 0.717) is 12.4 Å². The zero-order chi connectivity index (χ0) is 25.2. The molecule has 6 heterocycles. The van der Waals surface area contributed by atoms with Crippen LogP contribution in [-0.2, 0) is 16.6 Å². The number of rotatable bonds is 6. The number of carbonyl (C=O) groups excluding carboxylic acids is 1. The number of nitrogens with zero attached hydrogens (tertiary/aromatic N) is 6. The highest BCUT2D eigenvalue weighted by Crippen LogP contribution is 2.32. The summed E-state index contributed by atoms with van der Waals surface area (Å²) in [6.45, 7) is 2.90. The summed E-state index contributed by atoms with van der Waals surface area (Å²) >= 11 is 0. The van der Waals surface area contributed by atoms with Gasteiger partial charge in [-0.15, -0.1) is 0 Å². The number of fused-ring (bicyclic) bond motifs is 1. The number of piperidine rings is 1. The molecule has 2 fully saturated rings. The average molecular weight is 499 g/mol. The van der Waals surface area contributed by atoms with Crippen molar-refractivity contribution in [3.05, 3.63) is 55.1 Å². The molecular weight excluding hydrogens is 468 g/mol. The van der Waals surface area contributed by atoms with Crippen LogP contribution in [0.1, 0.15) is 19.3 Å². The Kier molecular flexibility index (Phi) is 6.40. The Morgan fingerprint density at radius 3 is 2.76 bits per heavy atom. The quantitative estimate of drug-likeness (QED) is 0.417. The fraction of sp³-hybridized carbons (Fsp3) is 0.370. The van der Waals surface area contributed by atoms with Crippen molar-refractivity contribution in [1.82, 2.24) is 30.0 Å². The van der Waals surface area contributed by atoms with Crippen LogP contribution in [0.3, 0.4) is 0 Å². The molecule has 2 saturated heterocycles. The topological polar surface area (TPSA) is 110 Å². The number of aromatic nitrogens is 5. The van der Waals surface area contributed by atoms with E-state index < -0.39 is 0 Å². The summed E-state index contributed by atoms with van der Waals surface area (Å²) in [5.41, 5.74) is 1.80. The lowest BCUT2D eigenvalue weighted by atomic mass is 9.95. The fourth-order valence-corrected chi connectivity index (χ4v) is 5.06. The van der Waals surface area contributed by atoms with Crippen molar-refractivity contribution in [3.8, 4) is 11.3 Å². The maximum atomic E-state index is 12.8. The van der Waals surface area contributed by atoms with Gasteiger partial charge < -0.3 is 20.3 Å². The summed E-state index contributed by atoms with van der Waals surface area (Å²) in [5.74, 6) is 2.53. The second-order valence-corrected chi connectivity index (χ2v) is 9.69. The second-order valence-electron chi connectivity index (χ2n) is 9.69. The predicted molar refractivity (Wildman–Crippen MR) is 142 cm³/mol. The lowest BCUT2D eigenvalue weighted by Gasteiger charge is -2.33. The first-order valence-electron chi connectivity index (χ1n) is 12.7. The maximum Gasteiger partial charge on any atom is 0.223 e. The van der Waals surface area contributed by atoms with Gasteiger partial charge in [-0.25, -0.2) is 9.97 Å². The van der Waals surface area contributed by atoms with Crippen molar-refractivity contribution in [3.63, 3.8) is 0 Å². The van der Waals surface area contributed by atoms with E-state index in [9.17, 15) is 4.79 Å². The molecule has 37 heavy (non-hydrogen) atoms. The van der Waals surface area contributed by atoms with Crippen LogP contribution in [0.15, 0.2) is 55.1 Å². The van der Waals surface area contributed by atoms with Crippen molar-refractivity contribution < 1.29 is 9.53 Å². The Bertz CT molecular complexity index is 1410. The Hall–Kier alpha value is -4.05. The van der Waals surface area contributed by atoms with E-state index in [0.717, 1.165) is 72.6 Å². The molecule has 2 aliphatic heterocycles. The Balaban J connectivity index is 1.24. The first kappa shape index (κ1) is 23.4. The molecule has 10 heteroatoms. The smallest absolute Gasteiger partial charge is 0.223 e. The van der Waals surface area contributed by atoms with Gasteiger partial charge in [0.05, 0.1) is 18.3 Å². The van der Waals surface area contributed by atoms with Crippen molar-refractivity contribution >= 4 is 34.1 Å². The molecule has 2 aliphatic rings. The fourth-order valence-electron chi connectivity index (χ4n) is 5.06. The highest BCUT2D eigenvalue weighted by atomic mass is 16.5. The first-order chi connectivity index (χ1) is 18.1. The Labute approximate surface area is 215 Å². The van der Waals surface area contributed by atoms with Gasteiger partial charge in [0.25, 0.3) is 0 Å². The van der Waals surface area contributed by atoms with Gasteiger partial charge >= 0.3 is 0 Å². The molecule has 6 rings (SSSR count). The van der Waals surface area contributed by atoms with Gasteiger partial charge in [0.15, 0.2) is 5.82 Å². The standard InChI is InChI=1S/C27H30N8O2/c1-34-10-6-24(33-34)32-25-15-19(2-9-29-25)23-14-20-16-28-8-3-22(20)26(31-23)35-11-4-18(5-12-35)27(36)30-21-7-13-37-17-21/h2-3,6,8-10,14-16,18,21H,4-5,7,11-13,17H2,1H3,(H,30,36)(H,29,32,33)/t21-/m1/s1. The number of amides is 1. The van der Waals surface area contributed by atoms with Gasteiger partial charge in [-0.05, 0) is 43.5 Å². The van der Waals surface area contributed by atoms with Gasteiger partial charge in [-0.3, -0.25) is 14.5 Å². The minimum atomic E-state index is 0.0217. The largest absolute Gasteiger partial charge is 0.379 e. The molecule has 0 saturated carbocycles. The molecule has 0 aliphatic carbocycles. The van der Waals surface area contributed by atoms with Gasteiger partial charge in [0, 0.05) is 79.9 Å². The Morgan fingerprint density at radius 2 is 1.97 bits per heavy atom. The molecule has 1 atom stereocenters. The monoisotopic (exact) mass is 498 g/mol. The molecular formula is C27H30N8O2. The van der Waals surface area contributed by atoms with Crippen molar-refractivity contribution in [2.24, 2.45) is 13.0 Å². The molecule has 0 bridgehead atoms. The van der Waals surface area contributed by atoms with E-state index in [1.54, 1.807) is 17.1 Å². The predicted octanol–water partition coefficient (Wildman–Crippen LogP) is 3.29. The lowest BCUT2D eigenvalue weighted by Crippen LogP contribution is -2.44. The van der Waals surface area contributed by atoms with Crippen LogP contribution in [0.5, 0.6) is 0 Å². The van der Waals surface area contributed by atoms with Gasteiger partial charge in [-0.2, -0.15) is 5.10 Å². The normalized spacial score (nSPS) is 18.3. The molecule has 1 amide bonds. The van der Waals surface area contributed by atoms with Crippen LogP contribution in [-0.4, -0.2) is 63.0 Å². The van der Waals surface area contributed by atoms with Gasteiger partial charge in [0.2, 0.25) is 5.91 Å². The molecule has 0 aromatic carbocycles. The second kappa shape index (κ2) is 10.1. The average Bonchev–Trinajstić information content (AvgIpc) is 3.59. The number of hydrogen-bond donors (Lipinski definition) is 2. The molecule has 4 aromatic heterocycles. The minimum Gasteiger partial charge on any atom is -0.379 e. The van der Waals surface area contributed by atoms with Crippen molar-refractivity contribution in [2.45, 2.75) is 25.3 Å². The zero-order valence-corrected chi connectivity index (χ0v) is 20.8. The third-order valence-electron chi connectivity index (χ3n) is 7.08. The van der Waals surface area contributed by atoms with Crippen LogP contribution in [0.25, 0.3) is 22.0 Å². The van der Waals surface area contributed by atoms with E-state index in [4.69, 9.17) is 9.72 Å². The van der Waals surface area contributed by atoms with Crippen LogP contribution < -0.4 is 15.5 Å². The first-order valence-corrected chi connectivity index (χ1v) is 12.7. The number of ether oxygens (including phenoxy) is 1. The van der Waals surface area contributed by atoms with E-state index in [-0.39, 0.29) is 17.9 Å².